The minimum Gasteiger partial charge on any atom is -0.312 e. The van der Waals surface area contributed by atoms with Crippen molar-refractivity contribution in [2.45, 2.75) is 13.1 Å². The number of para-hydroxylation sites is 1. The van der Waals surface area contributed by atoms with Crippen molar-refractivity contribution < 1.29 is 18.0 Å². The quantitative estimate of drug-likeness (QED) is 0.922. The molecule has 1 aromatic carbocycles. The van der Waals surface area contributed by atoms with Crippen LogP contribution in [0.1, 0.15) is 5.69 Å². The molecule has 5 nitrogen and oxygen atoms in total. The Morgan fingerprint density at radius 3 is 2.29 bits per heavy atom. The van der Waals surface area contributed by atoms with Gasteiger partial charge in [0.25, 0.3) is 5.56 Å². The van der Waals surface area contributed by atoms with Crippen LogP contribution in [0.5, 0.6) is 0 Å². The number of anilines is 1. The van der Waals surface area contributed by atoms with E-state index < -0.39 is 17.6 Å². The second kappa shape index (κ2) is 5.12. The van der Waals surface area contributed by atoms with Crippen LogP contribution in [0.15, 0.2) is 35.1 Å². The molecule has 0 aliphatic heterocycles. The lowest BCUT2D eigenvalue weighted by molar-refractivity contribution is -0.167. The summed E-state index contributed by atoms with van der Waals surface area (Å²) in [6, 6.07) is 8.40. The van der Waals surface area contributed by atoms with E-state index >= 15 is 0 Å². The molecule has 2 aromatic rings. The Hall–Kier alpha value is -2.51. The second-order valence-electron chi connectivity index (χ2n) is 4.39. The van der Waals surface area contributed by atoms with Crippen molar-refractivity contribution in [1.82, 2.24) is 9.36 Å². The Balaban J connectivity index is 2.52. The summed E-state index contributed by atoms with van der Waals surface area (Å²) in [4.78, 5) is 23.2. The number of amides is 1. The topological polar surface area (TPSA) is 56.0 Å². The van der Waals surface area contributed by atoms with Gasteiger partial charge in [-0.25, -0.2) is 4.68 Å². The van der Waals surface area contributed by atoms with Gasteiger partial charge in [0.15, 0.2) is 0 Å². The highest BCUT2D eigenvalue weighted by Crippen LogP contribution is 2.19. The normalized spacial score (nSPS) is 11.5. The van der Waals surface area contributed by atoms with Crippen LogP contribution in [-0.2, 0) is 11.8 Å². The summed E-state index contributed by atoms with van der Waals surface area (Å²) in [6.45, 7) is 1.45. The van der Waals surface area contributed by atoms with Crippen LogP contribution >= 0.6 is 0 Å². The van der Waals surface area contributed by atoms with Crippen molar-refractivity contribution in [3.8, 4) is 5.69 Å². The molecule has 0 saturated heterocycles. The van der Waals surface area contributed by atoms with Crippen molar-refractivity contribution in [2.24, 2.45) is 7.05 Å². The van der Waals surface area contributed by atoms with Crippen molar-refractivity contribution in [3.05, 3.63) is 46.4 Å². The molecule has 1 amide bonds. The van der Waals surface area contributed by atoms with Crippen LogP contribution in [0, 0.1) is 6.92 Å². The minimum absolute atomic E-state index is 0.224. The molecule has 0 aliphatic rings. The Labute approximate surface area is 117 Å². The Morgan fingerprint density at radius 1 is 1.19 bits per heavy atom. The van der Waals surface area contributed by atoms with Gasteiger partial charge in [-0.1, -0.05) is 18.2 Å². The standard InChI is InChI=1S/C13H12F3N3O2/c1-8-10(17-12(21)13(14,15)16)11(20)19(18(8)2)9-6-4-3-5-7-9/h3-7H,1-2H3,(H,17,21). The number of carbonyl (C=O) groups is 1. The van der Waals surface area contributed by atoms with Gasteiger partial charge in [-0.05, 0) is 19.1 Å². The number of aromatic nitrogens is 2. The van der Waals surface area contributed by atoms with Gasteiger partial charge in [-0.2, -0.15) is 13.2 Å². The van der Waals surface area contributed by atoms with Gasteiger partial charge in [-0.15, -0.1) is 0 Å². The summed E-state index contributed by atoms with van der Waals surface area (Å²) in [5, 5.41) is 1.63. The molecule has 1 N–H and O–H groups in total. The Kier molecular flexibility index (Phi) is 3.63. The summed E-state index contributed by atoms with van der Waals surface area (Å²) in [7, 11) is 1.52. The van der Waals surface area contributed by atoms with E-state index in [1.807, 2.05) is 0 Å². The largest absolute Gasteiger partial charge is 0.471 e. The zero-order valence-electron chi connectivity index (χ0n) is 11.2. The smallest absolute Gasteiger partial charge is 0.312 e. The van der Waals surface area contributed by atoms with Gasteiger partial charge < -0.3 is 5.32 Å². The molecule has 112 valence electrons. The lowest BCUT2D eigenvalue weighted by Crippen LogP contribution is -2.32. The number of rotatable bonds is 2. The first-order valence-electron chi connectivity index (χ1n) is 5.95. The first-order chi connectivity index (χ1) is 9.73. The van der Waals surface area contributed by atoms with Crippen LogP contribution in [0.25, 0.3) is 5.69 Å². The summed E-state index contributed by atoms with van der Waals surface area (Å²) in [5.74, 6) is -2.17. The third kappa shape index (κ3) is 2.69. The minimum atomic E-state index is -5.05. The Bertz CT molecular complexity index is 730. The molecule has 0 spiro atoms. The first kappa shape index (κ1) is 14.9. The lowest BCUT2D eigenvalue weighted by atomic mass is 10.3. The molecule has 0 saturated carbocycles. The van der Waals surface area contributed by atoms with E-state index in [1.165, 1.54) is 23.3 Å². The predicted molar refractivity (Wildman–Crippen MR) is 70.4 cm³/mol. The van der Waals surface area contributed by atoms with Crippen molar-refractivity contribution >= 4 is 11.6 Å². The maximum Gasteiger partial charge on any atom is 0.471 e. The highest BCUT2D eigenvalue weighted by Gasteiger charge is 2.39. The number of halogens is 3. The van der Waals surface area contributed by atoms with E-state index in [9.17, 15) is 22.8 Å². The van der Waals surface area contributed by atoms with Crippen LogP contribution in [0.3, 0.4) is 0 Å². The molecule has 0 fully saturated rings. The average Bonchev–Trinajstić information content (AvgIpc) is 2.63. The third-order valence-electron chi connectivity index (χ3n) is 3.05. The third-order valence-corrected chi connectivity index (χ3v) is 3.05. The van der Waals surface area contributed by atoms with Gasteiger partial charge in [0.2, 0.25) is 0 Å². The number of hydrogen-bond acceptors (Lipinski definition) is 2. The molecule has 0 aliphatic carbocycles. The fourth-order valence-corrected chi connectivity index (χ4v) is 1.90. The van der Waals surface area contributed by atoms with Gasteiger partial charge in [0.1, 0.15) is 5.69 Å². The van der Waals surface area contributed by atoms with Crippen LogP contribution < -0.4 is 10.9 Å². The second-order valence-corrected chi connectivity index (χ2v) is 4.39. The molecule has 21 heavy (non-hydrogen) atoms. The molecule has 0 unspecified atom stereocenters. The summed E-state index contributed by atoms with van der Waals surface area (Å²) in [6.07, 6.45) is -5.05. The summed E-state index contributed by atoms with van der Waals surface area (Å²) in [5.41, 5.74) is -0.399. The number of nitrogens with zero attached hydrogens (tertiary/aromatic N) is 2. The molecular weight excluding hydrogens is 287 g/mol. The highest BCUT2D eigenvalue weighted by molar-refractivity contribution is 5.95. The SMILES string of the molecule is Cc1c(NC(=O)C(F)(F)F)c(=O)n(-c2ccccc2)n1C. The van der Waals surface area contributed by atoms with Crippen molar-refractivity contribution in [2.75, 3.05) is 5.32 Å². The molecule has 0 radical (unpaired) electrons. The predicted octanol–water partition coefficient (Wildman–Crippen LogP) is 1.99. The maximum atomic E-state index is 12.3. The molecule has 0 atom stereocenters. The van der Waals surface area contributed by atoms with Crippen molar-refractivity contribution in [3.63, 3.8) is 0 Å². The van der Waals surface area contributed by atoms with Crippen LogP contribution in [0.4, 0.5) is 18.9 Å². The zero-order chi connectivity index (χ0) is 15.8. The van der Waals surface area contributed by atoms with Crippen LogP contribution in [-0.4, -0.2) is 21.4 Å². The van der Waals surface area contributed by atoms with E-state index in [0.29, 0.717) is 5.69 Å². The van der Waals surface area contributed by atoms with Gasteiger partial charge in [0, 0.05) is 7.05 Å². The number of hydrogen-bond donors (Lipinski definition) is 1. The number of benzene rings is 1. The number of carbonyl (C=O) groups excluding carboxylic acids is 1. The van der Waals surface area contributed by atoms with Gasteiger partial charge in [-0.3, -0.25) is 14.3 Å². The first-order valence-corrected chi connectivity index (χ1v) is 5.95. The van der Waals surface area contributed by atoms with E-state index in [1.54, 1.807) is 35.6 Å². The average molecular weight is 299 g/mol. The monoisotopic (exact) mass is 299 g/mol. The van der Waals surface area contributed by atoms with Crippen molar-refractivity contribution in [1.29, 1.82) is 0 Å². The summed E-state index contributed by atoms with van der Waals surface area (Å²) >= 11 is 0. The number of nitrogens with one attached hydrogen (secondary N) is 1. The zero-order valence-corrected chi connectivity index (χ0v) is 11.2. The van der Waals surface area contributed by atoms with E-state index in [2.05, 4.69) is 0 Å². The Morgan fingerprint density at radius 2 is 1.76 bits per heavy atom. The number of alkyl halides is 3. The van der Waals surface area contributed by atoms with E-state index in [-0.39, 0.29) is 11.4 Å². The fourth-order valence-electron chi connectivity index (χ4n) is 1.90. The van der Waals surface area contributed by atoms with Gasteiger partial charge >= 0.3 is 12.1 Å². The highest BCUT2D eigenvalue weighted by atomic mass is 19.4. The van der Waals surface area contributed by atoms with E-state index in [4.69, 9.17) is 0 Å². The molecule has 1 heterocycles. The van der Waals surface area contributed by atoms with Gasteiger partial charge in [0.05, 0.1) is 11.4 Å². The van der Waals surface area contributed by atoms with Crippen LogP contribution in [0.2, 0.25) is 0 Å². The maximum absolute atomic E-state index is 12.3. The molecule has 0 bridgehead atoms. The molecule has 2 rings (SSSR count). The van der Waals surface area contributed by atoms with E-state index in [0.717, 1.165) is 0 Å². The molecule has 8 heteroatoms. The fraction of sp³-hybridized carbons (Fsp3) is 0.231. The lowest BCUT2D eigenvalue weighted by Gasteiger charge is -2.07. The molecular formula is C13H12F3N3O2. The molecule has 1 aromatic heterocycles. The summed E-state index contributed by atoms with van der Waals surface area (Å²) < 4.78 is 39.5.